The summed E-state index contributed by atoms with van der Waals surface area (Å²) in [6.45, 7) is 0. The Morgan fingerprint density at radius 3 is 2.76 bits per heavy atom. The largest absolute Gasteiger partial charge is 0.398 e. The number of nitrogen functional groups attached to an aromatic ring is 1. The van der Waals surface area contributed by atoms with E-state index in [1.54, 1.807) is 35.7 Å². The van der Waals surface area contributed by atoms with Crippen molar-refractivity contribution in [2.75, 3.05) is 11.5 Å². The fourth-order valence-electron chi connectivity index (χ4n) is 1.38. The molecule has 0 radical (unpaired) electrons. The van der Waals surface area contributed by atoms with Gasteiger partial charge in [0.15, 0.2) is 0 Å². The van der Waals surface area contributed by atoms with E-state index in [4.69, 9.17) is 17.3 Å². The van der Waals surface area contributed by atoms with Crippen molar-refractivity contribution in [3.63, 3.8) is 0 Å². The second-order valence-electron chi connectivity index (χ2n) is 3.95. The SMILES string of the molecule is Nc1ccc(SCC(=O)NNC(=O)c2cccs2)cc1Cl. The highest BCUT2D eigenvalue weighted by Crippen LogP contribution is 2.26. The van der Waals surface area contributed by atoms with Gasteiger partial charge >= 0.3 is 0 Å². The molecule has 4 N–H and O–H groups in total. The standard InChI is InChI=1S/C13H12ClN3O2S2/c14-9-6-8(3-4-10(9)15)21-7-12(18)16-17-13(19)11-2-1-5-20-11/h1-6H,7,15H2,(H,16,18)(H,17,19). The van der Waals surface area contributed by atoms with Gasteiger partial charge in [-0.25, -0.2) is 0 Å². The van der Waals surface area contributed by atoms with Gasteiger partial charge in [-0.3, -0.25) is 20.4 Å². The number of halogens is 1. The van der Waals surface area contributed by atoms with Crippen LogP contribution in [0.4, 0.5) is 5.69 Å². The number of hydrogen-bond donors (Lipinski definition) is 3. The third-order valence-electron chi connectivity index (χ3n) is 2.40. The van der Waals surface area contributed by atoms with E-state index in [1.165, 1.54) is 23.1 Å². The molecule has 1 aromatic carbocycles. The highest BCUT2D eigenvalue weighted by atomic mass is 35.5. The number of carbonyl (C=O) groups is 2. The van der Waals surface area contributed by atoms with Crippen molar-refractivity contribution < 1.29 is 9.59 Å². The zero-order chi connectivity index (χ0) is 15.2. The molecule has 0 atom stereocenters. The van der Waals surface area contributed by atoms with E-state index in [2.05, 4.69) is 10.9 Å². The highest BCUT2D eigenvalue weighted by molar-refractivity contribution is 8.00. The summed E-state index contributed by atoms with van der Waals surface area (Å²) >= 11 is 8.49. The van der Waals surface area contributed by atoms with Gasteiger partial charge in [0.25, 0.3) is 5.91 Å². The first-order chi connectivity index (χ1) is 10.1. The third-order valence-corrected chi connectivity index (χ3v) is 4.59. The van der Waals surface area contributed by atoms with E-state index < -0.39 is 0 Å². The number of thioether (sulfide) groups is 1. The van der Waals surface area contributed by atoms with Crippen LogP contribution in [-0.4, -0.2) is 17.6 Å². The van der Waals surface area contributed by atoms with Crippen molar-refractivity contribution in [2.24, 2.45) is 0 Å². The molecular weight excluding hydrogens is 330 g/mol. The normalized spacial score (nSPS) is 10.1. The molecule has 0 aliphatic rings. The van der Waals surface area contributed by atoms with Crippen LogP contribution in [0, 0.1) is 0 Å². The molecular formula is C13H12ClN3O2S2. The van der Waals surface area contributed by atoms with Crippen molar-refractivity contribution in [1.29, 1.82) is 0 Å². The quantitative estimate of drug-likeness (QED) is 0.453. The van der Waals surface area contributed by atoms with Gasteiger partial charge in [-0.05, 0) is 29.6 Å². The van der Waals surface area contributed by atoms with Crippen LogP contribution in [0.3, 0.4) is 0 Å². The number of amides is 2. The van der Waals surface area contributed by atoms with Crippen LogP contribution in [0.5, 0.6) is 0 Å². The zero-order valence-corrected chi connectivity index (χ0v) is 13.1. The molecule has 1 heterocycles. The zero-order valence-electron chi connectivity index (χ0n) is 10.8. The summed E-state index contributed by atoms with van der Waals surface area (Å²) in [7, 11) is 0. The molecule has 0 aliphatic heterocycles. The van der Waals surface area contributed by atoms with Crippen molar-refractivity contribution in [3.8, 4) is 0 Å². The number of thiophene rings is 1. The van der Waals surface area contributed by atoms with Gasteiger partial charge < -0.3 is 5.73 Å². The van der Waals surface area contributed by atoms with E-state index >= 15 is 0 Å². The number of carbonyl (C=O) groups excluding carboxylic acids is 2. The number of anilines is 1. The maximum atomic E-state index is 11.6. The number of benzene rings is 1. The minimum atomic E-state index is -0.334. The van der Waals surface area contributed by atoms with Crippen LogP contribution < -0.4 is 16.6 Å². The number of hydrazine groups is 1. The Hall–Kier alpha value is -1.70. The number of nitrogens with one attached hydrogen (secondary N) is 2. The van der Waals surface area contributed by atoms with Crippen LogP contribution in [0.1, 0.15) is 9.67 Å². The lowest BCUT2D eigenvalue weighted by Crippen LogP contribution is -2.42. The van der Waals surface area contributed by atoms with Gasteiger partial charge in [0.2, 0.25) is 5.91 Å². The molecule has 0 aliphatic carbocycles. The second kappa shape index (κ2) is 7.35. The molecule has 0 fully saturated rings. The molecule has 8 heteroatoms. The van der Waals surface area contributed by atoms with Crippen LogP contribution >= 0.6 is 34.7 Å². The Kier molecular flexibility index (Phi) is 5.49. The summed E-state index contributed by atoms with van der Waals surface area (Å²) in [5, 5.41) is 2.24. The molecule has 2 rings (SSSR count). The van der Waals surface area contributed by atoms with E-state index in [1.807, 2.05) is 0 Å². The predicted molar refractivity (Wildman–Crippen MR) is 86.5 cm³/mol. The molecule has 5 nitrogen and oxygen atoms in total. The van der Waals surface area contributed by atoms with Gasteiger partial charge in [0, 0.05) is 4.90 Å². The van der Waals surface area contributed by atoms with Crippen LogP contribution in [-0.2, 0) is 4.79 Å². The summed E-state index contributed by atoms with van der Waals surface area (Å²) in [6.07, 6.45) is 0. The van der Waals surface area contributed by atoms with Gasteiger partial charge in [0.1, 0.15) is 0 Å². The van der Waals surface area contributed by atoms with Gasteiger partial charge in [-0.15, -0.1) is 23.1 Å². The summed E-state index contributed by atoms with van der Waals surface area (Å²) in [5.74, 6) is -0.484. The number of nitrogens with two attached hydrogens (primary N) is 1. The van der Waals surface area contributed by atoms with Crippen LogP contribution in [0.25, 0.3) is 0 Å². The molecule has 1 aromatic heterocycles. The monoisotopic (exact) mass is 341 g/mol. The Balaban J connectivity index is 1.77. The van der Waals surface area contributed by atoms with Crippen molar-refractivity contribution in [1.82, 2.24) is 10.9 Å². The second-order valence-corrected chi connectivity index (χ2v) is 6.36. The third kappa shape index (κ3) is 4.66. The predicted octanol–water partition coefficient (Wildman–Crippen LogP) is 2.54. The highest BCUT2D eigenvalue weighted by Gasteiger charge is 2.08. The molecule has 21 heavy (non-hydrogen) atoms. The molecule has 0 spiro atoms. The van der Waals surface area contributed by atoms with E-state index in [0.717, 1.165) is 4.90 Å². The lowest BCUT2D eigenvalue weighted by Gasteiger charge is -2.07. The topological polar surface area (TPSA) is 84.2 Å². The summed E-state index contributed by atoms with van der Waals surface area (Å²) in [4.78, 5) is 24.6. The minimum Gasteiger partial charge on any atom is -0.398 e. The molecule has 110 valence electrons. The van der Waals surface area contributed by atoms with Gasteiger partial charge in [-0.2, -0.15) is 0 Å². The lowest BCUT2D eigenvalue weighted by atomic mass is 10.3. The fraction of sp³-hybridized carbons (Fsp3) is 0.0769. The van der Waals surface area contributed by atoms with Crippen LogP contribution in [0.15, 0.2) is 40.6 Å². The maximum Gasteiger partial charge on any atom is 0.279 e. The molecule has 0 unspecified atom stereocenters. The summed E-state index contributed by atoms with van der Waals surface area (Å²) in [5.41, 5.74) is 10.8. The molecule has 2 amide bonds. The van der Waals surface area contributed by atoms with Gasteiger partial charge in [0.05, 0.1) is 21.3 Å². The first-order valence-corrected chi connectivity index (χ1v) is 8.11. The van der Waals surface area contributed by atoms with Crippen molar-refractivity contribution in [2.45, 2.75) is 4.90 Å². The molecule has 0 saturated heterocycles. The molecule has 0 saturated carbocycles. The van der Waals surface area contributed by atoms with E-state index in [0.29, 0.717) is 15.6 Å². The Labute approximate surface area is 134 Å². The van der Waals surface area contributed by atoms with E-state index in [9.17, 15) is 9.59 Å². The smallest absolute Gasteiger partial charge is 0.279 e. The Morgan fingerprint density at radius 2 is 2.10 bits per heavy atom. The number of rotatable bonds is 4. The first-order valence-electron chi connectivity index (χ1n) is 5.87. The lowest BCUT2D eigenvalue weighted by molar-refractivity contribution is -0.119. The van der Waals surface area contributed by atoms with Crippen LogP contribution in [0.2, 0.25) is 5.02 Å². The van der Waals surface area contributed by atoms with Crippen molar-refractivity contribution >= 4 is 52.2 Å². The first kappa shape index (κ1) is 15.7. The average molecular weight is 342 g/mol. The van der Waals surface area contributed by atoms with E-state index in [-0.39, 0.29) is 17.6 Å². The van der Waals surface area contributed by atoms with Gasteiger partial charge in [-0.1, -0.05) is 17.7 Å². The van der Waals surface area contributed by atoms with Crippen molar-refractivity contribution in [3.05, 3.63) is 45.6 Å². The molecule has 2 aromatic rings. The summed E-state index contributed by atoms with van der Waals surface area (Å²) in [6, 6.07) is 8.60. The minimum absolute atomic E-state index is 0.158. The fourth-order valence-corrected chi connectivity index (χ4v) is 2.98. The Bertz CT molecular complexity index is 647. The summed E-state index contributed by atoms with van der Waals surface area (Å²) < 4.78 is 0. The average Bonchev–Trinajstić information content (AvgIpc) is 3.00. The molecule has 0 bridgehead atoms. The Morgan fingerprint density at radius 1 is 1.29 bits per heavy atom. The maximum absolute atomic E-state index is 11.6. The number of hydrogen-bond acceptors (Lipinski definition) is 5.